The SMILES string of the molecule is O=C1Nc2c(C(F)(F)F)cccc2C1(c1ccc(OC(F)(F)F)cc1)c1cc(F)c(O)c(F)c1. The fourth-order valence-electron chi connectivity index (χ4n) is 3.99. The van der Waals surface area contributed by atoms with Crippen LogP contribution in [0.25, 0.3) is 0 Å². The van der Waals surface area contributed by atoms with Crippen molar-refractivity contribution in [1.82, 2.24) is 0 Å². The summed E-state index contributed by atoms with van der Waals surface area (Å²) in [6.07, 6.45) is -9.95. The third kappa shape index (κ3) is 3.68. The molecule has 1 atom stereocenters. The molecule has 0 saturated heterocycles. The van der Waals surface area contributed by atoms with Crippen LogP contribution in [-0.2, 0) is 16.4 Å². The van der Waals surface area contributed by atoms with Gasteiger partial charge in [0.15, 0.2) is 17.4 Å². The summed E-state index contributed by atoms with van der Waals surface area (Å²) in [5.41, 5.74) is -5.27. The normalized spacial score (nSPS) is 17.9. The van der Waals surface area contributed by atoms with Crippen LogP contribution in [0.1, 0.15) is 22.3 Å². The van der Waals surface area contributed by atoms with Crippen LogP contribution in [0.3, 0.4) is 0 Å². The van der Waals surface area contributed by atoms with E-state index >= 15 is 0 Å². The highest BCUT2D eigenvalue weighted by Crippen LogP contribution is 2.52. The van der Waals surface area contributed by atoms with Crippen molar-refractivity contribution in [2.45, 2.75) is 18.0 Å². The number of amides is 1. The van der Waals surface area contributed by atoms with Crippen molar-refractivity contribution in [3.05, 3.63) is 88.5 Å². The minimum absolute atomic E-state index is 0.206. The first-order chi connectivity index (χ1) is 15.7. The second-order valence-electron chi connectivity index (χ2n) is 7.29. The number of carbonyl (C=O) groups excluding carboxylic acids is 1. The number of aromatic hydroxyl groups is 1. The maximum atomic E-state index is 14.3. The van der Waals surface area contributed by atoms with Gasteiger partial charge in [0, 0.05) is 5.56 Å². The third-order valence-electron chi connectivity index (χ3n) is 5.32. The Morgan fingerprint density at radius 2 is 1.44 bits per heavy atom. The molecule has 0 spiro atoms. The van der Waals surface area contributed by atoms with Gasteiger partial charge in [-0.3, -0.25) is 4.79 Å². The number of fused-ring (bicyclic) bond motifs is 1. The predicted molar refractivity (Wildman–Crippen MR) is 101 cm³/mol. The molecule has 3 aromatic rings. The molecule has 0 saturated carbocycles. The molecule has 0 fully saturated rings. The quantitative estimate of drug-likeness (QED) is 0.453. The summed E-state index contributed by atoms with van der Waals surface area (Å²) < 4.78 is 111. The molecule has 0 aliphatic carbocycles. The lowest BCUT2D eigenvalue weighted by molar-refractivity contribution is -0.274. The first-order valence-corrected chi connectivity index (χ1v) is 9.32. The molecule has 1 heterocycles. The van der Waals surface area contributed by atoms with E-state index in [1.165, 1.54) is 0 Å². The van der Waals surface area contributed by atoms with E-state index in [1.807, 2.05) is 0 Å². The Kier molecular flexibility index (Phi) is 5.22. The van der Waals surface area contributed by atoms with Crippen molar-refractivity contribution in [2.24, 2.45) is 0 Å². The molecule has 3 aromatic carbocycles. The number of halogens is 8. The van der Waals surface area contributed by atoms with Gasteiger partial charge in [-0.15, -0.1) is 13.2 Å². The number of benzene rings is 3. The van der Waals surface area contributed by atoms with Gasteiger partial charge in [-0.25, -0.2) is 8.78 Å². The summed E-state index contributed by atoms with van der Waals surface area (Å²) >= 11 is 0. The van der Waals surface area contributed by atoms with Crippen LogP contribution in [0.2, 0.25) is 0 Å². The maximum absolute atomic E-state index is 14.3. The van der Waals surface area contributed by atoms with Gasteiger partial charge in [0.25, 0.3) is 0 Å². The number of hydrogen-bond acceptors (Lipinski definition) is 3. The van der Waals surface area contributed by atoms with Gasteiger partial charge in [-0.1, -0.05) is 24.3 Å². The molecule has 178 valence electrons. The lowest BCUT2D eigenvalue weighted by Gasteiger charge is -2.29. The second kappa shape index (κ2) is 7.61. The lowest BCUT2D eigenvalue weighted by atomic mass is 9.70. The third-order valence-corrected chi connectivity index (χ3v) is 5.32. The average Bonchev–Trinajstić information content (AvgIpc) is 3.02. The molecular formula is C22H11F8NO3. The van der Waals surface area contributed by atoms with Crippen LogP contribution >= 0.6 is 0 Å². The number of phenolic OH excluding ortho intramolecular Hbond substituents is 1. The molecule has 4 rings (SSSR count). The van der Waals surface area contributed by atoms with Gasteiger partial charge in [0.2, 0.25) is 5.91 Å². The minimum atomic E-state index is -5.04. The van der Waals surface area contributed by atoms with Gasteiger partial charge in [0.1, 0.15) is 11.2 Å². The monoisotopic (exact) mass is 489 g/mol. The summed E-state index contributed by atoms with van der Waals surface area (Å²) in [6.45, 7) is 0. The highest BCUT2D eigenvalue weighted by atomic mass is 19.4. The average molecular weight is 489 g/mol. The Hall–Kier alpha value is -3.83. The minimum Gasteiger partial charge on any atom is -0.503 e. The first kappa shape index (κ1) is 23.3. The van der Waals surface area contributed by atoms with Gasteiger partial charge >= 0.3 is 12.5 Å². The van der Waals surface area contributed by atoms with E-state index in [0.29, 0.717) is 18.2 Å². The highest BCUT2D eigenvalue weighted by molar-refractivity contribution is 6.12. The summed E-state index contributed by atoms with van der Waals surface area (Å²) in [5.74, 6) is -6.22. The van der Waals surface area contributed by atoms with Crippen LogP contribution in [0.15, 0.2) is 54.6 Å². The molecule has 1 amide bonds. The standard InChI is InChI=1S/C22H11F8NO3/c23-15-8-11(9-16(24)18(15)32)20(10-4-6-12(7-5-10)34-22(28,29)30)13-2-1-3-14(21(25,26)27)17(13)31-19(20)33/h1-9,32H,(H,31,33). The fourth-order valence-corrected chi connectivity index (χ4v) is 3.99. The van der Waals surface area contributed by atoms with Crippen LogP contribution in [0, 0.1) is 11.6 Å². The number of nitrogens with one attached hydrogen (secondary N) is 1. The van der Waals surface area contributed by atoms with Crippen LogP contribution < -0.4 is 10.1 Å². The first-order valence-electron chi connectivity index (χ1n) is 9.32. The van der Waals surface area contributed by atoms with Crippen LogP contribution in [-0.4, -0.2) is 17.4 Å². The van der Waals surface area contributed by atoms with Crippen molar-refractivity contribution in [3.8, 4) is 11.5 Å². The Bertz CT molecular complexity index is 1260. The smallest absolute Gasteiger partial charge is 0.503 e. The van der Waals surface area contributed by atoms with Gasteiger partial charge < -0.3 is 15.2 Å². The van der Waals surface area contributed by atoms with Crippen molar-refractivity contribution in [1.29, 1.82) is 0 Å². The van der Waals surface area contributed by atoms with E-state index in [0.717, 1.165) is 36.4 Å². The zero-order chi connectivity index (χ0) is 25.1. The summed E-state index contributed by atoms with van der Waals surface area (Å²) in [4.78, 5) is 13.3. The van der Waals surface area contributed by atoms with E-state index < -0.39 is 63.8 Å². The highest BCUT2D eigenvalue weighted by Gasteiger charge is 2.53. The molecule has 2 N–H and O–H groups in total. The number of alkyl halides is 6. The van der Waals surface area contributed by atoms with E-state index in [1.54, 1.807) is 0 Å². The number of phenols is 1. The fraction of sp³-hybridized carbons (Fsp3) is 0.136. The van der Waals surface area contributed by atoms with Gasteiger partial charge in [-0.2, -0.15) is 13.2 Å². The number of ether oxygens (including phenoxy) is 1. The molecule has 0 aromatic heterocycles. The molecule has 1 aliphatic rings. The summed E-state index contributed by atoms with van der Waals surface area (Å²) in [6, 6.07) is 7.43. The maximum Gasteiger partial charge on any atom is 0.573 e. The van der Waals surface area contributed by atoms with Crippen molar-refractivity contribution in [2.75, 3.05) is 5.32 Å². The number of anilines is 1. The summed E-state index contributed by atoms with van der Waals surface area (Å²) in [5, 5.41) is 11.6. The molecule has 1 unspecified atom stereocenters. The molecule has 34 heavy (non-hydrogen) atoms. The lowest BCUT2D eigenvalue weighted by Crippen LogP contribution is -2.37. The Labute approximate surface area is 185 Å². The number of hydrogen-bond donors (Lipinski definition) is 2. The Balaban J connectivity index is 2.03. The Morgan fingerprint density at radius 1 is 0.853 bits per heavy atom. The zero-order valence-corrected chi connectivity index (χ0v) is 16.5. The van der Waals surface area contributed by atoms with Gasteiger partial charge in [0.05, 0.1) is 11.3 Å². The molecule has 4 nitrogen and oxygen atoms in total. The van der Waals surface area contributed by atoms with Crippen molar-refractivity contribution >= 4 is 11.6 Å². The molecular weight excluding hydrogens is 478 g/mol. The second-order valence-corrected chi connectivity index (χ2v) is 7.29. The number of carbonyl (C=O) groups is 1. The number of para-hydroxylation sites is 1. The summed E-state index contributed by atoms with van der Waals surface area (Å²) in [7, 11) is 0. The zero-order valence-electron chi connectivity index (χ0n) is 16.5. The predicted octanol–water partition coefficient (Wildman–Crippen LogP) is 5.87. The largest absolute Gasteiger partial charge is 0.573 e. The van der Waals surface area contributed by atoms with E-state index in [9.17, 15) is 45.0 Å². The van der Waals surface area contributed by atoms with E-state index in [4.69, 9.17) is 0 Å². The van der Waals surface area contributed by atoms with Crippen LogP contribution in [0.4, 0.5) is 40.8 Å². The van der Waals surface area contributed by atoms with E-state index in [-0.39, 0.29) is 11.1 Å². The van der Waals surface area contributed by atoms with Crippen molar-refractivity contribution < 1.29 is 49.8 Å². The molecule has 0 bridgehead atoms. The molecule has 12 heteroatoms. The topological polar surface area (TPSA) is 58.6 Å². The van der Waals surface area contributed by atoms with Crippen molar-refractivity contribution in [3.63, 3.8) is 0 Å². The molecule has 0 radical (unpaired) electrons. The van der Waals surface area contributed by atoms with E-state index in [2.05, 4.69) is 10.1 Å². The molecule has 1 aliphatic heterocycles. The van der Waals surface area contributed by atoms with Crippen LogP contribution in [0.5, 0.6) is 11.5 Å². The number of rotatable bonds is 3. The Morgan fingerprint density at radius 3 is 1.97 bits per heavy atom. The van der Waals surface area contributed by atoms with Gasteiger partial charge in [-0.05, 0) is 41.5 Å².